The summed E-state index contributed by atoms with van der Waals surface area (Å²) in [6.45, 7) is 8.48. The van der Waals surface area contributed by atoms with Gasteiger partial charge in [-0.2, -0.15) is 5.10 Å². The summed E-state index contributed by atoms with van der Waals surface area (Å²) in [5.41, 5.74) is 0.0775. The molecule has 2 N–H and O–H groups in total. The first kappa shape index (κ1) is 14.5. The van der Waals surface area contributed by atoms with Gasteiger partial charge in [0.25, 0.3) is 0 Å². The van der Waals surface area contributed by atoms with Crippen LogP contribution < -0.4 is 10.0 Å². The highest BCUT2D eigenvalue weighted by atomic mass is 32.2. The minimum atomic E-state index is -3.43. The van der Waals surface area contributed by atoms with E-state index in [9.17, 15) is 8.42 Å². The Bertz CT molecular complexity index is 536. The second kappa shape index (κ2) is 5.22. The fraction of sp³-hybridized carbons (Fsp3) is 0.750. The largest absolute Gasteiger partial charge is 0.315 e. The third-order valence-corrected chi connectivity index (χ3v) is 4.92. The van der Waals surface area contributed by atoms with Gasteiger partial charge in [0, 0.05) is 18.8 Å². The summed E-state index contributed by atoms with van der Waals surface area (Å²) in [4.78, 5) is 0.242. The lowest BCUT2D eigenvalue weighted by atomic mass is 10.2. The van der Waals surface area contributed by atoms with Crippen molar-refractivity contribution in [2.24, 2.45) is 5.41 Å². The smallest absolute Gasteiger partial charge is 0.243 e. The van der Waals surface area contributed by atoms with Gasteiger partial charge in [-0.3, -0.25) is 4.68 Å². The van der Waals surface area contributed by atoms with E-state index in [1.807, 2.05) is 6.92 Å². The number of hydrogen-bond donors (Lipinski definition) is 2. The van der Waals surface area contributed by atoms with Crippen LogP contribution in [0.15, 0.2) is 17.3 Å². The summed E-state index contributed by atoms with van der Waals surface area (Å²) in [5, 5.41) is 7.25. The standard InChI is InChI=1S/C12H22N4O2S/c1-4-13-5-6-16-9-10(8-14-16)19(17,18)15-11-7-12(11,2)3/h8-9,11,13,15H,4-7H2,1-3H3. The van der Waals surface area contributed by atoms with E-state index in [-0.39, 0.29) is 16.4 Å². The highest BCUT2D eigenvalue weighted by Crippen LogP contribution is 2.45. The predicted octanol–water partition coefficient (Wildman–Crippen LogP) is 0.569. The maximum Gasteiger partial charge on any atom is 0.243 e. The van der Waals surface area contributed by atoms with Crippen molar-refractivity contribution in [1.82, 2.24) is 19.8 Å². The SMILES string of the molecule is CCNCCn1cc(S(=O)(=O)NC2CC2(C)C)cn1. The van der Waals surface area contributed by atoms with E-state index in [1.54, 1.807) is 10.9 Å². The van der Waals surface area contributed by atoms with Crippen LogP contribution in [0.4, 0.5) is 0 Å². The summed E-state index contributed by atoms with van der Waals surface area (Å²) in [7, 11) is -3.43. The normalized spacial score (nSPS) is 21.5. The first-order valence-electron chi connectivity index (χ1n) is 6.60. The Hall–Kier alpha value is -0.920. The number of sulfonamides is 1. The lowest BCUT2D eigenvalue weighted by Crippen LogP contribution is -2.28. The first-order chi connectivity index (χ1) is 8.85. The van der Waals surface area contributed by atoms with E-state index >= 15 is 0 Å². The average Bonchev–Trinajstić information content (AvgIpc) is 2.77. The van der Waals surface area contributed by atoms with E-state index in [1.165, 1.54) is 6.20 Å². The number of likely N-dealkylation sites (N-methyl/N-ethyl adjacent to an activating group) is 1. The molecule has 1 unspecified atom stereocenters. The molecule has 0 saturated heterocycles. The monoisotopic (exact) mass is 286 g/mol. The van der Waals surface area contributed by atoms with Crippen molar-refractivity contribution in [3.05, 3.63) is 12.4 Å². The Morgan fingerprint density at radius 2 is 2.21 bits per heavy atom. The maximum atomic E-state index is 12.1. The molecule has 0 bridgehead atoms. The minimum Gasteiger partial charge on any atom is -0.315 e. The van der Waals surface area contributed by atoms with Crippen LogP contribution in [0.1, 0.15) is 27.2 Å². The molecule has 2 rings (SSSR count). The fourth-order valence-corrected chi connectivity index (χ4v) is 3.26. The van der Waals surface area contributed by atoms with Crippen molar-refractivity contribution in [2.45, 2.75) is 44.7 Å². The number of nitrogens with one attached hydrogen (secondary N) is 2. The summed E-state index contributed by atoms with van der Waals surface area (Å²) in [6.07, 6.45) is 3.87. The fourth-order valence-electron chi connectivity index (χ4n) is 1.90. The molecule has 0 radical (unpaired) electrons. The van der Waals surface area contributed by atoms with Gasteiger partial charge in [0.05, 0.1) is 12.7 Å². The van der Waals surface area contributed by atoms with Crippen LogP contribution in [-0.2, 0) is 16.6 Å². The van der Waals surface area contributed by atoms with Crippen LogP contribution in [0.5, 0.6) is 0 Å². The number of hydrogen-bond acceptors (Lipinski definition) is 4. The molecule has 0 aliphatic heterocycles. The van der Waals surface area contributed by atoms with Crippen LogP contribution in [-0.4, -0.2) is 37.3 Å². The summed E-state index contributed by atoms with van der Waals surface area (Å²) in [6, 6.07) is 0.0441. The number of nitrogens with zero attached hydrogens (tertiary/aromatic N) is 2. The zero-order chi connectivity index (χ0) is 14.1. The highest BCUT2D eigenvalue weighted by molar-refractivity contribution is 7.89. The van der Waals surface area contributed by atoms with E-state index in [4.69, 9.17) is 0 Å². The molecular weight excluding hydrogens is 264 g/mol. The maximum absolute atomic E-state index is 12.1. The summed E-state index contributed by atoms with van der Waals surface area (Å²) >= 11 is 0. The van der Waals surface area contributed by atoms with Gasteiger partial charge in [0.2, 0.25) is 10.0 Å². The molecule has 0 amide bonds. The molecule has 1 aromatic rings. The molecule has 1 heterocycles. The molecule has 6 nitrogen and oxygen atoms in total. The molecule has 1 aliphatic rings. The van der Waals surface area contributed by atoms with Gasteiger partial charge in [-0.1, -0.05) is 20.8 Å². The van der Waals surface area contributed by atoms with Crippen molar-refractivity contribution in [1.29, 1.82) is 0 Å². The van der Waals surface area contributed by atoms with Crippen LogP contribution in [0, 0.1) is 5.41 Å². The van der Waals surface area contributed by atoms with Crippen LogP contribution in [0.25, 0.3) is 0 Å². The zero-order valence-electron chi connectivity index (χ0n) is 11.7. The van der Waals surface area contributed by atoms with Gasteiger partial charge in [0.1, 0.15) is 4.90 Å². The lowest BCUT2D eigenvalue weighted by Gasteiger charge is -2.06. The Morgan fingerprint density at radius 3 is 2.79 bits per heavy atom. The molecule has 0 aromatic carbocycles. The average molecular weight is 286 g/mol. The third-order valence-electron chi connectivity index (χ3n) is 3.50. The molecule has 1 fully saturated rings. The minimum absolute atomic E-state index is 0.0441. The first-order valence-corrected chi connectivity index (χ1v) is 8.09. The topological polar surface area (TPSA) is 76.0 Å². The predicted molar refractivity (Wildman–Crippen MR) is 73.3 cm³/mol. The van der Waals surface area contributed by atoms with Crippen molar-refractivity contribution in [2.75, 3.05) is 13.1 Å². The van der Waals surface area contributed by atoms with Gasteiger partial charge in [-0.05, 0) is 18.4 Å². The second-order valence-electron chi connectivity index (χ2n) is 5.66. The number of rotatable bonds is 7. The van der Waals surface area contributed by atoms with E-state index in [2.05, 4.69) is 29.0 Å². The molecule has 1 saturated carbocycles. The van der Waals surface area contributed by atoms with Gasteiger partial charge in [-0.15, -0.1) is 0 Å². The van der Waals surface area contributed by atoms with Gasteiger partial charge in [0.15, 0.2) is 0 Å². The quantitative estimate of drug-likeness (QED) is 0.719. The molecule has 7 heteroatoms. The van der Waals surface area contributed by atoms with Gasteiger partial charge in [-0.25, -0.2) is 13.1 Å². The lowest BCUT2D eigenvalue weighted by molar-refractivity contribution is 0.552. The summed E-state index contributed by atoms with van der Waals surface area (Å²) < 4.78 is 28.6. The Balaban J connectivity index is 1.97. The van der Waals surface area contributed by atoms with E-state index in [0.29, 0.717) is 6.54 Å². The van der Waals surface area contributed by atoms with Crippen LogP contribution >= 0.6 is 0 Å². The van der Waals surface area contributed by atoms with Crippen molar-refractivity contribution >= 4 is 10.0 Å². The summed E-state index contributed by atoms with van der Waals surface area (Å²) in [5.74, 6) is 0. The van der Waals surface area contributed by atoms with Crippen LogP contribution in [0.2, 0.25) is 0 Å². The van der Waals surface area contributed by atoms with Crippen LogP contribution in [0.3, 0.4) is 0 Å². The van der Waals surface area contributed by atoms with E-state index in [0.717, 1.165) is 19.5 Å². The molecule has 1 aromatic heterocycles. The van der Waals surface area contributed by atoms with Gasteiger partial charge < -0.3 is 5.32 Å². The molecule has 0 spiro atoms. The van der Waals surface area contributed by atoms with Crippen molar-refractivity contribution < 1.29 is 8.42 Å². The van der Waals surface area contributed by atoms with Gasteiger partial charge >= 0.3 is 0 Å². The molecule has 1 atom stereocenters. The Morgan fingerprint density at radius 1 is 1.53 bits per heavy atom. The number of aromatic nitrogens is 2. The van der Waals surface area contributed by atoms with E-state index < -0.39 is 10.0 Å². The molecule has 19 heavy (non-hydrogen) atoms. The zero-order valence-corrected chi connectivity index (χ0v) is 12.5. The second-order valence-corrected chi connectivity index (χ2v) is 7.37. The Labute approximate surface area is 114 Å². The third kappa shape index (κ3) is 3.55. The Kier molecular flexibility index (Phi) is 3.98. The van der Waals surface area contributed by atoms with Crippen molar-refractivity contribution in [3.8, 4) is 0 Å². The molecule has 1 aliphatic carbocycles. The molecular formula is C12H22N4O2S. The van der Waals surface area contributed by atoms with Crippen molar-refractivity contribution in [3.63, 3.8) is 0 Å². The highest BCUT2D eigenvalue weighted by Gasteiger charge is 2.48. The molecule has 108 valence electrons.